The van der Waals surface area contributed by atoms with E-state index in [1.54, 1.807) is 28.0 Å². The first-order valence-corrected chi connectivity index (χ1v) is 20.4. The molecule has 0 amide bonds. The fourth-order valence-corrected chi connectivity index (χ4v) is 9.66. The summed E-state index contributed by atoms with van der Waals surface area (Å²) in [6.07, 6.45) is 0. The van der Waals surface area contributed by atoms with Gasteiger partial charge in [-0.05, 0) is 75.4 Å². The number of nitrogens with zero attached hydrogens (tertiary/aromatic N) is 4. The quantitative estimate of drug-likeness (QED) is 0.168. The Morgan fingerprint density at radius 3 is 1.82 bits per heavy atom. The number of para-hydroxylation sites is 3. The van der Waals surface area contributed by atoms with Gasteiger partial charge in [-0.3, -0.25) is 0 Å². The molecule has 0 radical (unpaired) electrons. The third-order valence-corrected chi connectivity index (χ3v) is 12.4. The van der Waals surface area contributed by atoms with Crippen LogP contribution in [0.2, 0.25) is 0 Å². The van der Waals surface area contributed by atoms with Crippen LogP contribution in [0.4, 0.5) is 0 Å². The SMILES string of the molecule is [2H]c1cc([2H])c2c(c1[2H])c1c([2H])c([2H])c([2H])c([2H])c1n2-c1ccccc1-c1nc(-c2cccc(-c3cccc4ccccc34)c2)nc(-c2cccc(-c3cccc4c3sc3ccccc34)c2)n1. The van der Waals surface area contributed by atoms with E-state index < -0.39 is 12.1 Å². The topological polar surface area (TPSA) is 43.6 Å². The molecule has 0 aliphatic carbocycles. The van der Waals surface area contributed by atoms with Gasteiger partial charge in [-0.15, -0.1) is 11.3 Å². The van der Waals surface area contributed by atoms with E-state index in [1.807, 2.05) is 48.5 Å². The van der Waals surface area contributed by atoms with Crippen molar-refractivity contribution in [3.63, 3.8) is 0 Å². The van der Waals surface area contributed by atoms with Crippen LogP contribution in [0.1, 0.15) is 9.60 Å². The fraction of sp³-hybridized carbons (Fsp3) is 0. The first-order valence-electron chi connectivity index (χ1n) is 23.1. The van der Waals surface area contributed by atoms with E-state index in [-0.39, 0.29) is 57.8 Å². The maximum atomic E-state index is 9.20. The molecule has 3 aromatic heterocycles. The summed E-state index contributed by atoms with van der Waals surface area (Å²) >= 11 is 1.77. The number of benzene rings is 9. The molecule has 280 valence electrons. The van der Waals surface area contributed by atoms with Crippen molar-refractivity contribution in [2.45, 2.75) is 0 Å². The van der Waals surface area contributed by atoms with E-state index in [0.717, 1.165) is 44.2 Å². The van der Waals surface area contributed by atoms with Gasteiger partial charge in [-0.2, -0.15) is 0 Å². The molecule has 0 unspecified atom stereocenters. The van der Waals surface area contributed by atoms with Crippen LogP contribution < -0.4 is 0 Å². The second kappa shape index (κ2) is 14.0. The molecule has 0 saturated heterocycles. The normalized spacial score (nSPS) is 13.3. The van der Waals surface area contributed by atoms with E-state index >= 15 is 0 Å². The molecule has 0 saturated carbocycles. The molecule has 0 N–H and O–H groups in total. The minimum absolute atomic E-state index is 0.0659. The van der Waals surface area contributed by atoms with E-state index in [0.29, 0.717) is 22.9 Å². The average molecular weight is 790 g/mol. The zero-order valence-corrected chi connectivity index (χ0v) is 32.6. The molecule has 5 heteroatoms. The van der Waals surface area contributed by atoms with E-state index in [1.165, 1.54) is 26.2 Å². The van der Waals surface area contributed by atoms with Crippen LogP contribution in [-0.4, -0.2) is 19.5 Å². The van der Waals surface area contributed by atoms with Crippen LogP contribution in [-0.2, 0) is 0 Å². The summed E-state index contributed by atoms with van der Waals surface area (Å²) in [5.41, 5.74) is 6.83. The number of aromatic nitrogens is 4. The van der Waals surface area contributed by atoms with Gasteiger partial charge in [0.05, 0.1) is 26.3 Å². The van der Waals surface area contributed by atoms with Gasteiger partial charge in [-0.25, -0.2) is 15.0 Å². The molecule has 0 spiro atoms. The molecule has 60 heavy (non-hydrogen) atoms. The van der Waals surface area contributed by atoms with E-state index in [2.05, 4.69) is 97.1 Å². The summed E-state index contributed by atoms with van der Waals surface area (Å²) in [6, 6.07) is 52.1. The second-order valence-electron chi connectivity index (χ2n) is 14.6. The van der Waals surface area contributed by atoms with Crippen molar-refractivity contribution in [1.82, 2.24) is 19.5 Å². The monoisotopic (exact) mass is 789 g/mol. The maximum Gasteiger partial charge on any atom is 0.166 e. The fourth-order valence-electron chi connectivity index (χ4n) is 8.42. The van der Waals surface area contributed by atoms with Gasteiger partial charge in [0, 0.05) is 47.6 Å². The van der Waals surface area contributed by atoms with Crippen LogP contribution in [0.25, 0.3) is 115 Å². The highest BCUT2D eigenvalue weighted by Crippen LogP contribution is 2.41. The Balaban J connectivity index is 1.11. The van der Waals surface area contributed by atoms with Crippen LogP contribution in [0.15, 0.2) is 206 Å². The minimum atomic E-state index is -0.463. The maximum absolute atomic E-state index is 9.20. The predicted molar refractivity (Wildman–Crippen MR) is 252 cm³/mol. The molecule has 3 heterocycles. The summed E-state index contributed by atoms with van der Waals surface area (Å²) in [4.78, 5) is 15.6. The van der Waals surface area contributed by atoms with Gasteiger partial charge in [0.2, 0.25) is 0 Å². The molecule has 0 bridgehead atoms. The molecule has 0 aliphatic heterocycles. The number of hydrogen-bond donors (Lipinski definition) is 0. The Morgan fingerprint density at radius 1 is 0.400 bits per heavy atom. The molecule has 12 rings (SSSR count). The first kappa shape index (κ1) is 27.8. The van der Waals surface area contributed by atoms with Crippen LogP contribution in [0.5, 0.6) is 0 Å². The number of rotatable bonds is 6. The van der Waals surface area contributed by atoms with Crippen molar-refractivity contribution in [1.29, 1.82) is 0 Å². The second-order valence-corrected chi connectivity index (χ2v) is 15.7. The highest BCUT2D eigenvalue weighted by Gasteiger charge is 2.20. The zero-order chi connectivity index (χ0) is 45.7. The van der Waals surface area contributed by atoms with E-state index in [4.69, 9.17) is 21.8 Å². The Labute approximate surface area is 360 Å². The predicted octanol–water partition coefficient (Wildman–Crippen LogP) is 14.8. The number of fused-ring (bicyclic) bond motifs is 7. The summed E-state index contributed by atoms with van der Waals surface area (Å²) in [7, 11) is 0. The van der Waals surface area contributed by atoms with Gasteiger partial charge < -0.3 is 4.57 Å². The lowest BCUT2D eigenvalue weighted by Crippen LogP contribution is -2.03. The third-order valence-electron chi connectivity index (χ3n) is 11.2. The third kappa shape index (κ3) is 5.63. The van der Waals surface area contributed by atoms with Gasteiger partial charge >= 0.3 is 0 Å². The lowest BCUT2D eigenvalue weighted by atomic mass is 9.97. The largest absolute Gasteiger partial charge is 0.309 e. The Morgan fingerprint density at radius 2 is 0.967 bits per heavy atom. The highest BCUT2D eigenvalue weighted by molar-refractivity contribution is 7.26. The lowest BCUT2D eigenvalue weighted by molar-refractivity contribution is 1.06. The van der Waals surface area contributed by atoms with Gasteiger partial charge in [0.1, 0.15) is 0 Å². The van der Waals surface area contributed by atoms with Gasteiger partial charge in [0.15, 0.2) is 17.5 Å². The first-order chi connectivity index (χ1) is 32.6. The zero-order valence-electron chi connectivity index (χ0n) is 38.8. The van der Waals surface area contributed by atoms with Crippen molar-refractivity contribution in [3.8, 4) is 62.1 Å². The van der Waals surface area contributed by atoms with Crippen molar-refractivity contribution in [2.24, 2.45) is 0 Å². The Bertz CT molecular complexity index is 4040. The molecule has 0 aliphatic rings. The summed E-state index contributed by atoms with van der Waals surface area (Å²) < 4.78 is 66.3. The standard InChI is InChI=1S/C55H34N4S/c1-2-21-40-35(15-1)16-13-26-41(40)36-17-11-19-38(33-36)53-56-54(39-20-12-18-37(34-39)42-27-14-28-46-45-24-6-10-32-51(45)60-52(42)46)58-55(57-53)47-25-5-9-31-50(47)59-48-29-7-3-22-43(48)44-23-4-8-30-49(44)59/h1-34H/i3D,4D,7D,22D,23D,29D,30D. The smallest absolute Gasteiger partial charge is 0.166 e. The number of thiophene rings is 1. The minimum Gasteiger partial charge on any atom is -0.309 e. The Kier molecular flexibility index (Phi) is 6.48. The van der Waals surface area contributed by atoms with Crippen molar-refractivity contribution >= 4 is 64.1 Å². The van der Waals surface area contributed by atoms with Crippen LogP contribution in [0, 0.1) is 0 Å². The molecule has 9 aromatic carbocycles. The molecule has 0 fully saturated rings. The van der Waals surface area contributed by atoms with Crippen molar-refractivity contribution < 1.29 is 9.60 Å². The van der Waals surface area contributed by atoms with E-state index in [9.17, 15) is 2.74 Å². The van der Waals surface area contributed by atoms with Crippen LogP contribution in [0.3, 0.4) is 0 Å². The summed E-state index contributed by atoms with van der Waals surface area (Å²) in [5, 5.41) is 4.81. The van der Waals surface area contributed by atoms with Crippen LogP contribution >= 0.6 is 11.3 Å². The van der Waals surface area contributed by atoms with Gasteiger partial charge in [0.25, 0.3) is 0 Å². The molecular weight excluding hydrogens is 749 g/mol. The summed E-state index contributed by atoms with van der Waals surface area (Å²) in [6.45, 7) is 0. The molecule has 12 aromatic rings. The highest BCUT2D eigenvalue weighted by atomic mass is 32.1. The number of hydrogen-bond acceptors (Lipinski definition) is 4. The molecular formula is C55H34N4S. The lowest BCUT2D eigenvalue weighted by Gasteiger charge is -2.15. The van der Waals surface area contributed by atoms with Crippen molar-refractivity contribution in [2.75, 3.05) is 0 Å². The molecule has 4 nitrogen and oxygen atoms in total. The summed E-state index contributed by atoms with van der Waals surface area (Å²) in [5.74, 6) is 1.11. The van der Waals surface area contributed by atoms with Gasteiger partial charge in [-0.1, -0.05) is 164 Å². The Hall–Kier alpha value is -7.73. The van der Waals surface area contributed by atoms with Crippen molar-refractivity contribution in [3.05, 3.63) is 206 Å². The molecule has 0 atom stereocenters. The average Bonchev–Trinajstić information content (AvgIpc) is 3.94.